The number of halogens is 5. The summed E-state index contributed by atoms with van der Waals surface area (Å²) in [5.74, 6) is -2.07. The number of hydrogen-bond donors (Lipinski definition) is 0. The molecule has 0 aliphatic rings. The highest BCUT2D eigenvalue weighted by Crippen LogP contribution is 2.26. The molecule has 0 bridgehead atoms. The van der Waals surface area contributed by atoms with E-state index in [-0.39, 0.29) is 4.60 Å². The monoisotopic (exact) mass is 259 g/mol. The normalized spacial score (nSPS) is 11.5. The third-order valence-corrected chi connectivity index (χ3v) is 1.45. The van der Waals surface area contributed by atoms with E-state index < -0.39 is 17.9 Å². The molecule has 0 fully saturated rings. The molecule has 1 aromatic heterocycles. The van der Waals surface area contributed by atoms with Gasteiger partial charge in [0.2, 0.25) is 0 Å². The molecule has 7 heteroatoms. The first-order valence-electron chi connectivity index (χ1n) is 2.95. The molecule has 0 radical (unpaired) electrons. The molecule has 0 N–H and O–H groups in total. The predicted octanol–water partition coefficient (Wildman–Crippen LogP) is 2.88. The molecule has 0 saturated heterocycles. The fraction of sp³-hybridized carbons (Fsp3) is 0.167. The maximum Gasteiger partial charge on any atom is 0.573 e. The Morgan fingerprint density at radius 2 is 2.00 bits per heavy atom. The van der Waals surface area contributed by atoms with E-state index in [1.165, 1.54) is 0 Å². The third-order valence-electron chi connectivity index (χ3n) is 1.01. The van der Waals surface area contributed by atoms with Crippen molar-refractivity contribution in [2.45, 2.75) is 6.36 Å². The molecular formula is C6H2BrF4NO. The van der Waals surface area contributed by atoms with E-state index in [1.54, 1.807) is 0 Å². The molecule has 0 aliphatic carbocycles. The third kappa shape index (κ3) is 3.17. The number of aromatic nitrogens is 1. The average molecular weight is 260 g/mol. The fourth-order valence-electron chi connectivity index (χ4n) is 0.599. The van der Waals surface area contributed by atoms with Crippen molar-refractivity contribution >= 4 is 15.9 Å². The zero-order valence-corrected chi connectivity index (χ0v) is 7.49. The molecule has 0 aromatic carbocycles. The van der Waals surface area contributed by atoms with Gasteiger partial charge in [0.15, 0.2) is 11.6 Å². The zero-order chi connectivity index (χ0) is 10.1. The van der Waals surface area contributed by atoms with Gasteiger partial charge in [0.05, 0.1) is 6.20 Å². The van der Waals surface area contributed by atoms with Crippen LogP contribution in [0.1, 0.15) is 0 Å². The van der Waals surface area contributed by atoms with Crippen LogP contribution in [0.5, 0.6) is 5.75 Å². The van der Waals surface area contributed by atoms with Crippen LogP contribution in [0.2, 0.25) is 0 Å². The molecule has 13 heavy (non-hydrogen) atoms. The van der Waals surface area contributed by atoms with Crippen molar-refractivity contribution in [3.63, 3.8) is 0 Å². The first-order valence-corrected chi connectivity index (χ1v) is 3.74. The molecule has 1 aromatic rings. The Labute approximate surface area is 78.7 Å². The summed E-state index contributed by atoms with van der Waals surface area (Å²) in [6.07, 6.45) is -4.27. The predicted molar refractivity (Wildman–Crippen MR) is 38.6 cm³/mol. The van der Waals surface area contributed by atoms with Gasteiger partial charge in [-0.05, 0) is 15.9 Å². The highest BCUT2D eigenvalue weighted by molar-refractivity contribution is 9.10. The van der Waals surface area contributed by atoms with E-state index in [1.807, 2.05) is 0 Å². The summed E-state index contributed by atoms with van der Waals surface area (Å²) in [5, 5.41) is 0. The molecule has 0 amide bonds. The molecular weight excluding hydrogens is 258 g/mol. The van der Waals surface area contributed by atoms with Gasteiger partial charge in [0.25, 0.3) is 0 Å². The van der Waals surface area contributed by atoms with Gasteiger partial charge in [0.1, 0.15) is 4.60 Å². The molecule has 0 saturated carbocycles. The average Bonchev–Trinajstić information content (AvgIpc) is 1.94. The summed E-state index contributed by atoms with van der Waals surface area (Å²) in [5.41, 5.74) is 0. The Bertz CT molecular complexity index is 314. The van der Waals surface area contributed by atoms with Gasteiger partial charge in [-0.25, -0.2) is 9.37 Å². The van der Waals surface area contributed by atoms with Crippen LogP contribution in [-0.2, 0) is 0 Å². The summed E-state index contributed by atoms with van der Waals surface area (Å²) in [6.45, 7) is 0. The smallest absolute Gasteiger partial charge is 0.402 e. The number of alkyl halides is 3. The molecule has 1 rings (SSSR count). The van der Waals surface area contributed by atoms with E-state index in [2.05, 4.69) is 25.7 Å². The van der Waals surface area contributed by atoms with Crippen LogP contribution < -0.4 is 4.74 Å². The summed E-state index contributed by atoms with van der Waals surface area (Å²) in [6, 6.07) is 0.794. The molecule has 1 heterocycles. The summed E-state index contributed by atoms with van der Waals surface area (Å²) >= 11 is 2.78. The molecule has 0 atom stereocenters. The lowest BCUT2D eigenvalue weighted by Gasteiger charge is -2.08. The zero-order valence-electron chi connectivity index (χ0n) is 5.90. The minimum Gasteiger partial charge on any atom is -0.402 e. The van der Waals surface area contributed by atoms with Gasteiger partial charge in [-0.2, -0.15) is 0 Å². The first kappa shape index (κ1) is 10.2. The molecule has 0 aliphatic heterocycles. The topological polar surface area (TPSA) is 22.1 Å². The van der Waals surface area contributed by atoms with Crippen molar-refractivity contribution in [2.75, 3.05) is 0 Å². The minimum absolute atomic E-state index is 0.0631. The lowest BCUT2D eigenvalue weighted by molar-refractivity contribution is -0.275. The number of nitrogens with zero attached hydrogens (tertiary/aromatic N) is 1. The molecule has 0 spiro atoms. The number of ether oxygens (including phenoxy) is 1. The van der Waals surface area contributed by atoms with Gasteiger partial charge in [-0.1, -0.05) is 0 Å². The fourth-order valence-corrected chi connectivity index (χ4v) is 0.910. The standard InChI is InChI=1S/C6H2BrF4NO/c7-5-1-4(3(8)2-12-5)13-6(9,10)11/h1-2H. The lowest BCUT2D eigenvalue weighted by atomic mass is 10.4. The van der Waals surface area contributed by atoms with Crippen molar-refractivity contribution in [2.24, 2.45) is 0 Å². The van der Waals surface area contributed by atoms with Crippen LogP contribution in [0.3, 0.4) is 0 Å². The SMILES string of the molecule is Fc1cnc(Br)cc1OC(F)(F)F. The van der Waals surface area contributed by atoms with E-state index in [9.17, 15) is 17.6 Å². The van der Waals surface area contributed by atoms with E-state index in [0.717, 1.165) is 6.07 Å². The molecule has 2 nitrogen and oxygen atoms in total. The lowest BCUT2D eigenvalue weighted by Crippen LogP contribution is -2.18. The van der Waals surface area contributed by atoms with Gasteiger partial charge in [-0.3, -0.25) is 0 Å². The van der Waals surface area contributed by atoms with Crippen LogP contribution in [0.15, 0.2) is 16.9 Å². The highest BCUT2D eigenvalue weighted by Gasteiger charge is 2.32. The minimum atomic E-state index is -4.90. The number of pyridine rings is 1. The van der Waals surface area contributed by atoms with Crippen LogP contribution in [0, 0.1) is 5.82 Å². The van der Waals surface area contributed by atoms with Crippen molar-refractivity contribution in [1.82, 2.24) is 4.98 Å². The molecule has 72 valence electrons. The Kier molecular flexibility index (Phi) is 2.74. The van der Waals surface area contributed by atoms with Crippen LogP contribution >= 0.6 is 15.9 Å². The summed E-state index contributed by atoms with van der Waals surface area (Å²) < 4.78 is 50.9. The van der Waals surface area contributed by atoms with Crippen molar-refractivity contribution in [3.8, 4) is 5.75 Å². The van der Waals surface area contributed by atoms with E-state index in [4.69, 9.17) is 0 Å². The van der Waals surface area contributed by atoms with Gasteiger partial charge < -0.3 is 4.74 Å². The van der Waals surface area contributed by atoms with Crippen molar-refractivity contribution in [3.05, 3.63) is 22.7 Å². The second-order valence-electron chi connectivity index (χ2n) is 1.99. The summed E-state index contributed by atoms with van der Waals surface area (Å²) in [7, 11) is 0. The Hall–Kier alpha value is -0.850. The first-order chi connectivity index (χ1) is 5.88. The Morgan fingerprint density at radius 1 is 1.38 bits per heavy atom. The van der Waals surface area contributed by atoms with Crippen molar-refractivity contribution < 1.29 is 22.3 Å². The summed E-state index contributed by atoms with van der Waals surface area (Å²) in [4.78, 5) is 3.36. The maximum absolute atomic E-state index is 12.6. The van der Waals surface area contributed by atoms with Gasteiger partial charge >= 0.3 is 6.36 Å². The van der Waals surface area contributed by atoms with Gasteiger partial charge in [-0.15, -0.1) is 13.2 Å². The van der Waals surface area contributed by atoms with Gasteiger partial charge in [0, 0.05) is 6.07 Å². The molecule has 0 unspecified atom stereocenters. The number of hydrogen-bond acceptors (Lipinski definition) is 2. The maximum atomic E-state index is 12.6. The Balaban J connectivity index is 2.94. The highest BCUT2D eigenvalue weighted by atomic mass is 79.9. The van der Waals surface area contributed by atoms with Crippen LogP contribution in [-0.4, -0.2) is 11.3 Å². The van der Waals surface area contributed by atoms with E-state index in [0.29, 0.717) is 6.20 Å². The van der Waals surface area contributed by atoms with Crippen molar-refractivity contribution in [1.29, 1.82) is 0 Å². The quantitative estimate of drug-likeness (QED) is 0.572. The second kappa shape index (κ2) is 3.49. The largest absolute Gasteiger partial charge is 0.573 e. The van der Waals surface area contributed by atoms with Crippen LogP contribution in [0.4, 0.5) is 17.6 Å². The van der Waals surface area contributed by atoms with Crippen LogP contribution in [0.25, 0.3) is 0 Å². The second-order valence-corrected chi connectivity index (χ2v) is 2.80. The van der Waals surface area contributed by atoms with E-state index >= 15 is 0 Å². The number of rotatable bonds is 1. The Morgan fingerprint density at radius 3 is 2.54 bits per heavy atom.